The standard InChI is InChI=1S/C81H97N9O15/c1-9-54(42-69(91)48(2)82-7)77(98)90-47-63-45-68(90)76(97)85-64(39-51-21-28-57(29-22-51)55-17-11-10-12-18-55)70(92)43-60(79(100)101)37-50-23-31-58(32-24-50)73(94)84-61-44-67(89(46-61)78(99)71(81(4,5)6)88-72(93)49(3)83-8)75(96)86-65(41-53-25-30-56-19-13-14-20-59(56)38-53)74(95)87-66(80(102)103)40-52-26-33-62(34-27-52)104-35-15-16-36-105-63/h10-34,38,48-49,54,60-61,63-68,71,82-83H,9,35-37,39-47H2,1-8H3,(H,84,94)(H,85,97)(H,86,96)(H,87,95)(H,88,93)(H,100,101)(H,102,103)/b16-15+/t48-,49-,54+,60+,61-,63-,64-,65-,66-,67-,68-,71+/m0/s1. The lowest BCUT2D eigenvalue weighted by Crippen LogP contribution is -2.61. The molecular weight excluding hydrogens is 1340 g/mol. The number of carboxylic acid groups (broad SMARTS) is 2. The second kappa shape index (κ2) is 36.3. The van der Waals surface area contributed by atoms with Gasteiger partial charge in [-0.3, -0.25) is 47.9 Å². The van der Waals surface area contributed by atoms with Crippen LogP contribution in [0, 0.1) is 17.3 Å². The first-order chi connectivity index (χ1) is 50.2. The van der Waals surface area contributed by atoms with Crippen LogP contribution in [0.1, 0.15) is 106 Å². The number of carbonyl (C=O) groups is 11. The Morgan fingerprint density at radius 3 is 1.81 bits per heavy atom. The molecule has 0 radical (unpaired) electrons. The van der Waals surface area contributed by atoms with Crippen LogP contribution in [-0.4, -0.2) is 186 Å². The molecule has 12 rings (SSSR count). The number of fused-ring (bicyclic) bond motifs is 1. The third-order valence-electron chi connectivity index (χ3n) is 20.0. The molecule has 24 heteroatoms. The van der Waals surface area contributed by atoms with E-state index in [0.717, 1.165) is 21.9 Å². The summed E-state index contributed by atoms with van der Waals surface area (Å²) < 4.78 is 12.3. The summed E-state index contributed by atoms with van der Waals surface area (Å²) in [4.78, 5) is 160. The molecule has 24 nitrogen and oxygen atoms in total. The number of aliphatic carboxylic acids is 2. The van der Waals surface area contributed by atoms with Gasteiger partial charge < -0.3 is 66.7 Å². The van der Waals surface area contributed by atoms with Crippen LogP contribution in [0.2, 0.25) is 0 Å². The minimum atomic E-state index is -1.50. The molecule has 0 unspecified atom stereocenters. The number of Topliss-reactive ketones (excluding diaryl/α,β-unsaturated/α-hetero) is 2. The molecule has 105 heavy (non-hydrogen) atoms. The van der Waals surface area contributed by atoms with E-state index < -0.39 is 143 Å². The molecule has 2 saturated heterocycles. The van der Waals surface area contributed by atoms with Crippen molar-refractivity contribution in [2.75, 3.05) is 40.4 Å². The van der Waals surface area contributed by atoms with E-state index in [2.05, 4.69) is 37.2 Å². The van der Waals surface area contributed by atoms with E-state index in [1.54, 1.807) is 110 Å². The van der Waals surface area contributed by atoms with Crippen LogP contribution in [0.15, 0.2) is 158 Å². The molecule has 2 fully saturated rings. The quantitative estimate of drug-likeness (QED) is 0.0450. The van der Waals surface area contributed by atoms with E-state index in [4.69, 9.17) is 9.47 Å². The molecule has 6 aliphatic rings. The average Bonchev–Trinajstić information content (AvgIpc) is 1.68. The number of nitrogens with one attached hydrogen (secondary N) is 7. The first-order valence-corrected chi connectivity index (χ1v) is 35.9. The van der Waals surface area contributed by atoms with Crippen molar-refractivity contribution in [3.8, 4) is 16.9 Å². The molecule has 556 valence electrons. The SMILES string of the molecule is CC[C@H](CC(=O)[C@H](C)NC)C(=O)N1C[C@@H]2C[C@H]1C(=O)N[C@@H](Cc1ccc(-c3ccccc3)cc1)C(=O)C[C@H](C(=O)O)Cc1ccc(cc1)C(=O)N[C@H]1C[C@@H](C(=O)N[C@@H](Cc3ccc4ccccc4c3)C(=O)N[C@H](C(=O)O)Cc3ccc(cc3)OC/C=C/CO2)N(C(=O)[C@@H](NC(=O)[C@H](C)NC)C(C)(C)C)C1. The maximum atomic E-state index is 15.2. The van der Waals surface area contributed by atoms with Crippen LogP contribution in [-0.2, 0) is 78.4 Å². The number of nitrogens with zero attached hydrogens (tertiary/aromatic N) is 2. The van der Waals surface area contributed by atoms with Gasteiger partial charge in [0.25, 0.3) is 5.91 Å². The van der Waals surface area contributed by atoms with Crippen molar-refractivity contribution >= 4 is 75.6 Å². The third-order valence-corrected chi connectivity index (χ3v) is 20.0. The Morgan fingerprint density at radius 1 is 0.581 bits per heavy atom. The molecule has 6 aromatic carbocycles. The number of rotatable bonds is 17. The highest BCUT2D eigenvalue weighted by Crippen LogP contribution is 2.31. The fourth-order valence-electron chi connectivity index (χ4n) is 13.4. The molecule has 0 aliphatic carbocycles. The van der Waals surface area contributed by atoms with Gasteiger partial charge in [0, 0.05) is 62.7 Å². The number of ketones is 2. The van der Waals surface area contributed by atoms with E-state index in [1.807, 2.05) is 91.0 Å². The Balaban J connectivity index is 1.04. The van der Waals surface area contributed by atoms with Crippen molar-refractivity contribution in [2.24, 2.45) is 17.3 Å². The number of benzene rings is 6. The van der Waals surface area contributed by atoms with Gasteiger partial charge in [-0.2, -0.15) is 0 Å². The number of likely N-dealkylation sites (N-methyl/N-ethyl adjacent to an activating group) is 2. The summed E-state index contributed by atoms with van der Waals surface area (Å²) in [6.07, 6.45) is 1.74. The number of likely N-dealkylation sites (tertiary alicyclic amines) is 2. The summed E-state index contributed by atoms with van der Waals surface area (Å²) in [6, 6.07) is 32.7. The first-order valence-electron chi connectivity index (χ1n) is 35.9. The molecule has 6 aromatic rings. The lowest BCUT2D eigenvalue weighted by molar-refractivity contribution is -0.145. The Morgan fingerprint density at radius 2 is 1.16 bits per heavy atom. The molecule has 8 bridgehead atoms. The van der Waals surface area contributed by atoms with E-state index in [0.29, 0.717) is 28.0 Å². The van der Waals surface area contributed by atoms with Crippen LogP contribution in [0.5, 0.6) is 5.75 Å². The summed E-state index contributed by atoms with van der Waals surface area (Å²) in [7, 11) is 3.24. The molecule has 0 aromatic heterocycles. The number of carboxylic acids is 2. The highest BCUT2D eigenvalue weighted by molar-refractivity contribution is 5.99. The molecule has 6 aliphatic heterocycles. The van der Waals surface area contributed by atoms with E-state index in [-0.39, 0.29) is 89.0 Å². The second-order valence-corrected chi connectivity index (χ2v) is 28.6. The minimum absolute atomic E-state index is 0.0202. The van der Waals surface area contributed by atoms with Gasteiger partial charge in [0.2, 0.25) is 35.4 Å². The van der Waals surface area contributed by atoms with Gasteiger partial charge in [0.15, 0.2) is 5.78 Å². The van der Waals surface area contributed by atoms with Gasteiger partial charge >= 0.3 is 11.9 Å². The van der Waals surface area contributed by atoms with Crippen molar-refractivity contribution < 1.29 is 72.4 Å². The van der Waals surface area contributed by atoms with Gasteiger partial charge in [-0.15, -0.1) is 0 Å². The van der Waals surface area contributed by atoms with Gasteiger partial charge in [-0.25, -0.2) is 4.79 Å². The van der Waals surface area contributed by atoms with E-state index >= 15 is 9.59 Å². The fourth-order valence-corrected chi connectivity index (χ4v) is 13.4. The number of hydrogen-bond donors (Lipinski definition) is 9. The number of ether oxygens (including phenoxy) is 2. The van der Waals surface area contributed by atoms with Crippen molar-refractivity contribution in [1.29, 1.82) is 0 Å². The predicted octanol–water partition coefficient (Wildman–Crippen LogP) is 6.34. The number of amides is 7. The Hall–Kier alpha value is -10.4. The summed E-state index contributed by atoms with van der Waals surface area (Å²) in [6.45, 7) is 10.2. The molecular formula is C81H97N9O15. The average molecular weight is 1440 g/mol. The van der Waals surface area contributed by atoms with Crippen LogP contribution in [0.25, 0.3) is 21.9 Å². The topological polar surface area (TPSA) is 337 Å². The van der Waals surface area contributed by atoms with Crippen LogP contribution in [0.4, 0.5) is 0 Å². The molecule has 9 N–H and O–H groups in total. The minimum Gasteiger partial charge on any atom is -0.490 e. The van der Waals surface area contributed by atoms with Crippen molar-refractivity contribution in [1.82, 2.24) is 47.0 Å². The van der Waals surface area contributed by atoms with E-state index in [1.165, 1.54) is 21.9 Å². The normalized spacial score (nSPS) is 22.6. The molecule has 7 amide bonds. The summed E-state index contributed by atoms with van der Waals surface area (Å²) in [5.41, 5.74) is 3.28. The van der Waals surface area contributed by atoms with Gasteiger partial charge in [-0.05, 0) is 134 Å². The van der Waals surface area contributed by atoms with Crippen molar-refractivity contribution in [2.45, 2.75) is 160 Å². The number of carbonyl (C=O) groups excluding carboxylic acids is 9. The largest absolute Gasteiger partial charge is 0.490 e. The summed E-state index contributed by atoms with van der Waals surface area (Å²) in [5.74, 6) is -9.65. The highest BCUT2D eigenvalue weighted by atomic mass is 16.5. The molecule has 0 spiro atoms. The highest BCUT2D eigenvalue weighted by Gasteiger charge is 2.47. The Bertz CT molecular complexity index is 4130. The zero-order valence-corrected chi connectivity index (χ0v) is 60.7. The van der Waals surface area contributed by atoms with Crippen LogP contribution < -0.4 is 42.0 Å². The van der Waals surface area contributed by atoms with Gasteiger partial charge in [-0.1, -0.05) is 155 Å². The maximum Gasteiger partial charge on any atom is 0.326 e. The first kappa shape index (κ1) is 78.7. The zero-order chi connectivity index (χ0) is 75.6. The maximum absolute atomic E-state index is 15.2. The van der Waals surface area contributed by atoms with Crippen molar-refractivity contribution in [3.05, 3.63) is 186 Å². The lowest BCUT2D eigenvalue weighted by Gasteiger charge is -2.36. The summed E-state index contributed by atoms with van der Waals surface area (Å²) in [5, 5.41) is 43.3. The smallest absolute Gasteiger partial charge is 0.326 e. The van der Waals surface area contributed by atoms with Crippen LogP contribution >= 0.6 is 0 Å². The Labute approximate surface area is 612 Å². The molecule has 0 saturated carbocycles. The van der Waals surface area contributed by atoms with E-state index in [9.17, 15) is 53.4 Å². The van der Waals surface area contributed by atoms with Gasteiger partial charge in [0.05, 0.1) is 36.8 Å². The number of hydrogen-bond acceptors (Lipinski definition) is 15. The summed E-state index contributed by atoms with van der Waals surface area (Å²) >= 11 is 0. The van der Waals surface area contributed by atoms with Gasteiger partial charge in [0.1, 0.15) is 48.3 Å². The van der Waals surface area contributed by atoms with Crippen molar-refractivity contribution in [3.63, 3.8) is 0 Å². The lowest BCUT2D eigenvalue weighted by atomic mass is 9.85. The fraction of sp³-hybridized carbons (Fsp3) is 0.420. The second-order valence-electron chi connectivity index (χ2n) is 28.6. The zero-order valence-electron chi connectivity index (χ0n) is 60.7. The van der Waals surface area contributed by atoms with Crippen LogP contribution in [0.3, 0.4) is 0 Å². The molecule has 12 atom stereocenters. The third kappa shape index (κ3) is 21.2. The monoisotopic (exact) mass is 1440 g/mol. The molecule has 6 heterocycles. The Kier molecular flexibility index (Phi) is 27.2. The predicted molar refractivity (Wildman–Crippen MR) is 395 cm³/mol.